The van der Waals surface area contributed by atoms with Gasteiger partial charge in [-0.1, -0.05) is 24.3 Å². The van der Waals surface area contributed by atoms with Crippen LogP contribution in [-0.4, -0.2) is 21.6 Å². The normalized spacial score (nSPS) is 10.4. The Balaban J connectivity index is 1.79. The summed E-state index contributed by atoms with van der Waals surface area (Å²) in [5.41, 5.74) is 3.05. The van der Waals surface area contributed by atoms with Gasteiger partial charge in [-0.3, -0.25) is 14.3 Å². The smallest absolute Gasteiger partial charge is 0.258 e. The molecule has 6 nitrogen and oxygen atoms in total. The summed E-state index contributed by atoms with van der Waals surface area (Å²) in [5, 5.41) is 9.74. The Labute approximate surface area is 151 Å². The molecule has 0 aliphatic rings. The molecule has 0 fully saturated rings. The van der Waals surface area contributed by atoms with Crippen molar-refractivity contribution in [2.45, 2.75) is 20.4 Å². The van der Waals surface area contributed by atoms with Crippen LogP contribution in [0.3, 0.4) is 0 Å². The lowest BCUT2D eigenvalue weighted by Crippen LogP contribution is -2.18. The highest BCUT2D eigenvalue weighted by Gasteiger charge is 2.15. The van der Waals surface area contributed by atoms with Crippen molar-refractivity contribution in [2.24, 2.45) is 0 Å². The SMILES string of the molecule is CCn1cc(C(=O)Nc2ccccc2C(=O)Nc2cccc(C)c2)cn1. The number of carbonyl (C=O) groups excluding carboxylic acids is 2. The Bertz CT molecular complexity index is 946. The van der Waals surface area contributed by atoms with Crippen LogP contribution >= 0.6 is 0 Å². The molecule has 0 spiro atoms. The van der Waals surface area contributed by atoms with Crippen LogP contribution in [-0.2, 0) is 6.54 Å². The molecule has 0 radical (unpaired) electrons. The predicted octanol–water partition coefficient (Wildman–Crippen LogP) is 3.72. The second-order valence-electron chi connectivity index (χ2n) is 5.91. The maximum absolute atomic E-state index is 12.6. The molecule has 0 saturated carbocycles. The zero-order valence-corrected chi connectivity index (χ0v) is 14.7. The van der Waals surface area contributed by atoms with Gasteiger partial charge in [0.2, 0.25) is 0 Å². The topological polar surface area (TPSA) is 76.0 Å². The molecule has 1 aromatic heterocycles. The number of nitrogens with zero attached hydrogens (tertiary/aromatic N) is 2. The number of rotatable bonds is 5. The van der Waals surface area contributed by atoms with E-state index in [1.165, 1.54) is 6.20 Å². The summed E-state index contributed by atoms with van der Waals surface area (Å²) in [7, 11) is 0. The third kappa shape index (κ3) is 3.97. The number of hydrogen-bond donors (Lipinski definition) is 2. The van der Waals surface area contributed by atoms with Crippen molar-refractivity contribution >= 4 is 23.2 Å². The highest BCUT2D eigenvalue weighted by atomic mass is 16.2. The van der Waals surface area contributed by atoms with Crippen LogP contribution in [0.25, 0.3) is 0 Å². The summed E-state index contributed by atoms with van der Waals surface area (Å²) in [4.78, 5) is 25.1. The Hall–Kier alpha value is -3.41. The minimum Gasteiger partial charge on any atom is -0.322 e. The number of para-hydroxylation sites is 1. The van der Waals surface area contributed by atoms with Crippen molar-refractivity contribution in [3.63, 3.8) is 0 Å². The molecule has 2 N–H and O–H groups in total. The molecule has 2 amide bonds. The van der Waals surface area contributed by atoms with E-state index in [4.69, 9.17) is 0 Å². The van der Waals surface area contributed by atoms with Gasteiger partial charge in [0.05, 0.1) is 23.0 Å². The second kappa shape index (κ2) is 7.65. The lowest BCUT2D eigenvalue weighted by molar-refractivity contribution is 0.102. The fourth-order valence-corrected chi connectivity index (χ4v) is 2.56. The van der Waals surface area contributed by atoms with Gasteiger partial charge in [-0.15, -0.1) is 0 Å². The van der Waals surface area contributed by atoms with Crippen LogP contribution in [0.2, 0.25) is 0 Å². The van der Waals surface area contributed by atoms with Gasteiger partial charge in [-0.2, -0.15) is 5.10 Å². The number of carbonyl (C=O) groups is 2. The van der Waals surface area contributed by atoms with Gasteiger partial charge in [0.15, 0.2) is 0 Å². The first-order valence-electron chi connectivity index (χ1n) is 8.37. The molecule has 0 aliphatic carbocycles. The molecule has 3 aromatic rings. The molecular weight excluding hydrogens is 328 g/mol. The minimum absolute atomic E-state index is 0.282. The average molecular weight is 348 g/mol. The first-order valence-corrected chi connectivity index (χ1v) is 8.37. The molecule has 6 heteroatoms. The number of nitrogens with one attached hydrogen (secondary N) is 2. The van der Waals surface area contributed by atoms with E-state index in [0.717, 1.165) is 5.56 Å². The molecule has 0 saturated heterocycles. The number of aryl methyl sites for hydroxylation is 2. The lowest BCUT2D eigenvalue weighted by Gasteiger charge is -2.11. The summed E-state index contributed by atoms with van der Waals surface area (Å²) in [6.45, 7) is 4.59. The van der Waals surface area contributed by atoms with Gasteiger partial charge < -0.3 is 10.6 Å². The summed E-state index contributed by atoms with van der Waals surface area (Å²) >= 11 is 0. The van der Waals surface area contributed by atoms with Crippen molar-refractivity contribution in [1.82, 2.24) is 9.78 Å². The number of amides is 2. The van der Waals surface area contributed by atoms with E-state index in [-0.39, 0.29) is 11.8 Å². The molecule has 0 atom stereocenters. The van der Waals surface area contributed by atoms with E-state index in [1.54, 1.807) is 35.1 Å². The van der Waals surface area contributed by atoms with Crippen molar-refractivity contribution in [3.8, 4) is 0 Å². The van der Waals surface area contributed by atoms with Crippen molar-refractivity contribution < 1.29 is 9.59 Å². The lowest BCUT2D eigenvalue weighted by atomic mass is 10.1. The van der Waals surface area contributed by atoms with E-state index in [1.807, 2.05) is 38.1 Å². The monoisotopic (exact) mass is 348 g/mol. The minimum atomic E-state index is -0.305. The van der Waals surface area contributed by atoms with Crippen LogP contribution in [0.1, 0.15) is 33.2 Å². The molecule has 0 aliphatic heterocycles. The van der Waals surface area contributed by atoms with Gasteiger partial charge in [0, 0.05) is 18.4 Å². The molecular formula is C20H20N4O2. The number of aromatic nitrogens is 2. The van der Waals surface area contributed by atoms with Crippen molar-refractivity contribution in [2.75, 3.05) is 10.6 Å². The fraction of sp³-hybridized carbons (Fsp3) is 0.150. The molecule has 1 heterocycles. The Kier molecular flexibility index (Phi) is 5.12. The van der Waals surface area contributed by atoms with Gasteiger partial charge in [-0.25, -0.2) is 0 Å². The Morgan fingerprint density at radius 3 is 2.58 bits per heavy atom. The number of benzene rings is 2. The standard InChI is InChI=1S/C20H20N4O2/c1-3-24-13-15(12-21-24)19(25)23-18-10-5-4-9-17(18)20(26)22-16-8-6-7-14(2)11-16/h4-13H,3H2,1-2H3,(H,22,26)(H,23,25). The summed E-state index contributed by atoms with van der Waals surface area (Å²) in [5.74, 6) is -0.587. The molecule has 132 valence electrons. The van der Waals surface area contributed by atoms with Crippen LogP contribution in [0, 0.1) is 6.92 Å². The van der Waals surface area contributed by atoms with E-state index >= 15 is 0 Å². The van der Waals surface area contributed by atoms with Crippen LogP contribution in [0.4, 0.5) is 11.4 Å². The van der Waals surface area contributed by atoms with Crippen LogP contribution in [0.15, 0.2) is 60.9 Å². The summed E-state index contributed by atoms with van der Waals surface area (Å²) in [6, 6.07) is 14.5. The zero-order valence-electron chi connectivity index (χ0n) is 14.7. The average Bonchev–Trinajstić information content (AvgIpc) is 3.11. The fourth-order valence-electron chi connectivity index (χ4n) is 2.56. The van der Waals surface area contributed by atoms with Gasteiger partial charge >= 0.3 is 0 Å². The molecule has 2 aromatic carbocycles. The maximum Gasteiger partial charge on any atom is 0.258 e. The molecule has 0 unspecified atom stereocenters. The third-order valence-electron chi connectivity index (χ3n) is 3.92. The molecule has 26 heavy (non-hydrogen) atoms. The van der Waals surface area contributed by atoms with E-state index < -0.39 is 0 Å². The predicted molar refractivity (Wildman–Crippen MR) is 101 cm³/mol. The maximum atomic E-state index is 12.6. The summed E-state index contributed by atoms with van der Waals surface area (Å²) < 4.78 is 1.67. The number of anilines is 2. The quantitative estimate of drug-likeness (QED) is 0.738. The second-order valence-corrected chi connectivity index (χ2v) is 5.91. The zero-order chi connectivity index (χ0) is 18.5. The van der Waals surface area contributed by atoms with E-state index in [2.05, 4.69) is 15.7 Å². The van der Waals surface area contributed by atoms with Crippen LogP contribution < -0.4 is 10.6 Å². The van der Waals surface area contributed by atoms with Crippen molar-refractivity contribution in [1.29, 1.82) is 0 Å². The van der Waals surface area contributed by atoms with Gasteiger partial charge in [0.25, 0.3) is 11.8 Å². The molecule has 3 rings (SSSR count). The molecule has 0 bridgehead atoms. The van der Waals surface area contributed by atoms with Crippen LogP contribution in [0.5, 0.6) is 0 Å². The highest BCUT2D eigenvalue weighted by Crippen LogP contribution is 2.19. The third-order valence-corrected chi connectivity index (χ3v) is 3.92. The largest absolute Gasteiger partial charge is 0.322 e. The van der Waals surface area contributed by atoms with E-state index in [9.17, 15) is 9.59 Å². The first kappa shape index (κ1) is 17.4. The Morgan fingerprint density at radius 1 is 1.04 bits per heavy atom. The van der Waals surface area contributed by atoms with Crippen molar-refractivity contribution in [3.05, 3.63) is 77.6 Å². The van der Waals surface area contributed by atoms with Gasteiger partial charge in [-0.05, 0) is 43.7 Å². The summed E-state index contributed by atoms with van der Waals surface area (Å²) in [6.07, 6.45) is 3.18. The number of hydrogen-bond acceptors (Lipinski definition) is 3. The first-order chi connectivity index (χ1) is 12.6. The highest BCUT2D eigenvalue weighted by molar-refractivity contribution is 6.12. The van der Waals surface area contributed by atoms with Gasteiger partial charge in [0.1, 0.15) is 0 Å². The van der Waals surface area contributed by atoms with E-state index in [0.29, 0.717) is 29.0 Å². The Morgan fingerprint density at radius 2 is 1.85 bits per heavy atom.